The number of amides is 1. The third-order valence-corrected chi connectivity index (χ3v) is 3.56. The third-order valence-electron chi connectivity index (χ3n) is 3.56. The largest absolute Gasteiger partial charge is 0.444 e. The average Bonchev–Trinajstić information content (AvgIpc) is 2.57. The number of fused-ring (bicyclic) bond motifs is 2. The van der Waals surface area contributed by atoms with Crippen molar-refractivity contribution < 1.29 is 14.6 Å². The number of hydrogen-bond acceptors (Lipinski definition) is 3. The lowest BCUT2D eigenvalue weighted by molar-refractivity contribution is 0.0479. The maximum Gasteiger partial charge on any atom is 0.407 e. The van der Waals surface area contributed by atoms with Gasteiger partial charge in [0, 0.05) is 12.0 Å². The number of hydrogen-bond donors (Lipinski definition) is 2. The molecule has 0 saturated heterocycles. The summed E-state index contributed by atoms with van der Waals surface area (Å²) >= 11 is 0. The van der Waals surface area contributed by atoms with Gasteiger partial charge in [-0.3, -0.25) is 0 Å². The van der Waals surface area contributed by atoms with E-state index in [2.05, 4.69) is 5.32 Å². The van der Waals surface area contributed by atoms with Crippen molar-refractivity contribution in [3.8, 4) is 0 Å². The molecule has 0 radical (unpaired) electrons. The molecule has 0 unspecified atom stereocenters. The SMILES string of the molecule is CC(C)(C)OC(=O)N[C@H]1[C@H]2CC[C@H]1[C@@H](O)C2. The molecule has 0 aromatic rings. The van der Waals surface area contributed by atoms with E-state index in [9.17, 15) is 9.90 Å². The Morgan fingerprint density at radius 2 is 2.06 bits per heavy atom. The minimum absolute atomic E-state index is 0.116. The summed E-state index contributed by atoms with van der Waals surface area (Å²) < 4.78 is 5.23. The number of carbonyl (C=O) groups excluding carboxylic acids is 1. The predicted octanol–water partition coefficient (Wildman–Crippen LogP) is 1.67. The summed E-state index contributed by atoms with van der Waals surface area (Å²) in [5, 5.41) is 12.6. The number of aliphatic hydroxyl groups is 1. The zero-order chi connectivity index (χ0) is 11.9. The standard InChI is InChI=1S/C12H21NO3/c1-12(2,3)16-11(15)13-10-7-4-5-8(10)9(14)6-7/h7-10,14H,4-6H2,1-3H3,(H,13,15)/t7-,8-,9-,10-/m0/s1. The van der Waals surface area contributed by atoms with Gasteiger partial charge in [0.1, 0.15) is 5.60 Å². The van der Waals surface area contributed by atoms with E-state index < -0.39 is 5.60 Å². The lowest BCUT2D eigenvalue weighted by atomic mass is 9.98. The summed E-state index contributed by atoms with van der Waals surface area (Å²) in [6, 6.07) is 0.116. The van der Waals surface area contributed by atoms with Gasteiger partial charge in [-0.25, -0.2) is 4.79 Å². The van der Waals surface area contributed by atoms with E-state index >= 15 is 0 Å². The Hall–Kier alpha value is -0.770. The minimum Gasteiger partial charge on any atom is -0.444 e. The van der Waals surface area contributed by atoms with Crippen LogP contribution in [-0.4, -0.2) is 28.9 Å². The fraction of sp³-hybridized carbons (Fsp3) is 0.917. The van der Waals surface area contributed by atoms with Gasteiger partial charge in [-0.2, -0.15) is 0 Å². The lowest BCUT2D eigenvalue weighted by Crippen LogP contribution is -2.42. The lowest BCUT2D eigenvalue weighted by Gasteiger charge is -2.23. The summed E-state index contributed by atoms with van der Waals surface area (Å²) in [4.78, 5) is 11.6. The Morgan fingerprint density at radius 1 is 1.38 bits per heavy atom. The molecule has 2 N–H and O–H groups in total. The second-order valence-corrected chi connectivity index (χ2v) is 5.98. The van der Waals surface area contributed by atoms with E-state index in [4.69, 9.17) is 4.74 Å². The predicted molar refractivity (Wildman–Crippen MR) is 60.0 cm³/mol. The Labute approximate surface area is 96.4 Å². The first kappa shape index (κ1) is 11.7. The molecule has 4 heteroatoms. The van der Waals surface area contributed by atoms with Crippen LogP contribution in [0.5, 0.6) is 0 Å². The highest BCUT2D eigenvalue weighted by atomic mass is 16.6. The van der Waals surface area contributed by atoms with Crippen LogP contribution in [0.3, 0.4) is 0 Å². The van der Waals surface area contributed by atoms with Crippen LogP contribution in [0.15, 0.2) is 0 Å². The number of ether oxygens (including phenoxy) is 1. The summed E-state index contributed by atoms with van der Waals surface area (Å²) in [6.07, 6.45) is 2.36. The summed E-state index contributed by atoms with van der Waals surface area (Å²) in [5.74, 6) is 0.671. The highest BCUT2D eigenvalue weighted by molar-refractivity contribution is 5.68. The molecule has 2 fully saturated rings. The average molecular weight is 227 g/mol. The van der Waals surface area contributed by atoms with E-state index in [0.29, 0.717) is 5.92 Å². The van der Waals surface area contributed by atoms with Gasteiger partial charge in [-0.05, 0) is 46.0 Å². The summed E-state index contributed by atoms with van der Waals surface area (Å²) in [7, 11) is 0. The number of carbonyl (C=O) groups is 1. The van der Waals surface area contributed by atoms with Crippen LogP contribution in [0, 0.1) is 11.8 Å². The number of aliphatic hydroxyl groups excluding tert-OH is 1. The van der Waals surface area contributed by atoms with Gasteiger partial charge in [-0.1, -0.05) is 0 Å². The molecule has 0 aromatic heterocycles. The molecule has 2 aliphatic rings. The second-order valence-electron chi connectivity index (χ2n) is 5.98. The summed E-state index contributed by atoms with van der Waals surface area (Å²) in [6.45, 7) is 5.56. The molecule has 1 amide bonds. The van der Waals surface area contributed by atoms with Crippen molar-refractivity contribution in [3.63, 3.8) is 0 Å². The van der Waals surface area contributed by atoms with Crippen LogP contribution in [-0.2, 0) is 4.74 Å². The fourth-order valence-electron chi connectivity index (χ4n) is 2.96. The molecule has 0 heterocycles. The number of rotatable bonds is 1. The molecule has 2 rings (SSSR count). The molecule has 4 atom stereocenters. The van der Waals surface area contributed by atoms with E-state index in [1.54, 1.807) is 0 Å². The molecule has 0 aliphatic heterocycles. The van der Waals surface area contributed by atoms with Crippen LogP contribution in [0.2, 0.25) is 0 Å². The third kappa shape index (κ3) is 2.32. The molecule has 4 nitrogen and oxygen atoms in total. The molecule has 2 aliphatic carbocycles. The Kier molecular flexibility index (Phi) is 2.86. The van der Waals surface area contributed by atoms with Crippen molar-refractivity contribution in [1.29, 1.82) is 0 Å². The molecular formula is C12H21NO3. The van der Waals surface area contributed by atoms with Crippen molar-refractivity contribution in [2.24, 2.45) is 11.8 Å². The zero-order valence-corrected chi connectivity index (χ0v) is 10.2. The molecule has 2 bridgehead atoms. The van der Waals surface area contributed by atoms with Gasteiger partial charge in [0.25, 0.3) is 0 Å². The van der Waals surface area contributed by atoms with Crippen LogP contribution in [0.25, 0.3) is 0 Å². The van der Waals surface area contributed by atoms with Gasteiger partial charge >= 0.3 is 6.09 Å². The van der Waals surface area contributed by atoms with Gasteiger partial charge in [-0.15, -0.1) is 0 Å². The van der Waals surface area contributed by atoms with Crippen LogP contribution in [0.1, 0.15) is 40.0 Å². The molecule has 2 saturated carbocycles. The van der Waals surface area contributed by atoms with Crippen molar-refractivity contribution >= 4 is 6.09 Å². The maximum absolute atomic E-state index is 11.6. The van der Waals surface area contributed by atoms with Gasteiger partial charge in [0.05, 0.1) is 6.10 Å². The Bertz CT molecular complexity index is 284. The van der Waals surface area contributed by atoms with Crippen molar-refractivity contribution in [3.05, 3.63) is 0 Å². The van der Waals surface area contributed by atoms with E-state index in [-0.39, 0.29) is 24.2 Å². The topological polar surface area (TPSA) is 58.6 Å². The van der Waals surface area contributed by atoms with Crippen molar-refractivity contribution in [2.75, 3.05) is 0 Å². The first-order valence-corrected chi connectivity index (χ1v) is 6.04. The number of alkyl carbamates (subject to hydrolysis) is 1. The molecular weight excluding hydrogens is 206 g/mol. The van der Waals surface area contributed by atoms with Crippen LogP contribution < -0.4 is 5.32 Å². The minimum atomic E-state index is -0.458. The van der Waals surface area contributed by atoms with Crippen LogP contribution in [0.4, 0.5) is 4.79 Å². The fourth-order valence-corrected chi connectivity index (χ4v) is 2.96. The van der Waals surface area contributed by atoms with E-state index in [1.165, 1.54) is 0 Å². The molecule has 0 aromatic carbocycles. The normalized spacial score (nSPS) is 37.5. The van der Waals surface area contributed by atoms with Gasteiger partial charge in [0.2, 0.25) is 0 Å². The van der Waals surface area contributed by atoms with Crippen molar-refractivity contribution in [1.82, 2.24) is 5.32 Å². The molecule has 92 valence electrons. The van der Waals surface area contributed by atoms with Crippen molar-refractivity contribution in [2.45, 2.75) is 57.8 Å². The highest BCUT2D eigenvalue weighted by Crippen LogP contribution is 2.44. The number of nitrogens with one attached hydrogen (secondary N) is 1. The highest BCUT2D eigenvalue weighted by Gasteiger charge is 2.48. The Morgan fingerprint density at radius 3 is 2.50 bits per heavy atom. The Balaban J connectivity index is 1.89. The monoisotopic (exact) mass is 227 g/mol. The maximum atomic E-state index is 11.6. The smallest absolute Gasteiger partial charge is 0.407 e. The quantitative estimate of drug-likeness (QED) is 0.716. The van der Waals surface area contributed by atoms with Gasteiger partial charge < -0.3 is 15.2 Å². The second kappa shape index (κ2) is 3.91. The molecule has 16 heavy (non-hydrogen) atoms. The van der Waals surface area contributed by atoms with Gasteiger partial charge in [0.15, 0.2) is 0 Å². The first-order chi connectivity index (χ1) is 7.37. The van der Waals surface area contributed by atoms with E-state index in [0.717, 1.165) is 19.3 Å². The van der Waals surface area contributed by atoms with E-state index in [1.807, 2.05) is 20.8 Å². The summed E-state index contributed by atoms with van der Waals surface area (Å²) in [5.41, 5.74) is -0.458. The van der Waals surface area contributed by atoms with Crippen LogP contribution >= 0.6 is 0 Å². The molecule has 0 spiro atoms. The zero-order valence-electron chi connectivity index (χ0n) is 10.2. The first-order valence-electron chi connectivity index (χ1n) is 6.04.